The number of nitrogens with zero attached hydrogens (tertiary/aromatic N) is 2. The third kappa shape index (κ3) is 10.2. The van der Waals surface area contributed by atoms with Gasteiger partial charge in [-0.1, -0.05) is 59.8 Å². The van der Waals surface area contributed by atoms with Gasteiger partial charge in [-0.05, 0) is 94.0 Å². The second-order valence-electron chi connectivity index (χ2n) is 17.7. The molecule has 2 heterocycles. The predicted molar refractivity (Wildman–Crippen MR) is 195 cm³/mol. The summed E-state index contributed by atoms with van der Waals surface area (Å²) in [7, 11) is 0. The largest absolute Gasteiger partial charge is 0.470 e. The molecule has 294 valence electrons. The van der Waals surface area contributed by atoms with Crippen molar-refractivity contribution in [2.75, 3.05) is 6.54 Å². The number of aromatic nitrogens is 1. The number of nitrogens with one attached hydrogen (secondary N) is 4. The Bertz CT molecular complexity index is 1520. The minimum atomic E-state index is -1.03. The molecule has 0 radical (unpaired) electrons. The van der Waals surface area contributed by atoms with Crippen molar-refractivity contribution in [3.05, 3.63) is 11.8 Å². The number of hydrogen-bond acceptors (Lipinski definition) is 9. The van der Waals surface area contributed by atoms with Crippen LogP contribution in [0.2, 0.25) is 0 Å². The van der Waals surface area contributed by atoms with Gasteiger partial charge in [0.2, 0.25) is 29.3 Å². The first-order valence-corrected chi connectivity index (χ1v) is 19.7. The molecule has 6 atom stereocenters. The van der Waals surface area contributed by atoms with Crippen LogP contribution >= 0.6 is 0 Å². The lowest BCUT2D eigenvalue weighted by molar-refractivity contribution is -0.146. The Labute approximate surface area is 313 Å². The fourth-order valence-corrected chi connectivity index (χ4v) is 8.18. The van der Waals surface area contributed by atoms with Crippen LogP contribution < -0.4 is 26.0 Å². The molecule has 4 aliphatic rings. The Morgan fingerprint density at radius 1 is 0.906 bits per heavy atom. The van der Waals surface area contributed by atoms with Crippen LogP contribution in [0.15, 0.2) is 10.6 Å². The van der Waals surface area contributed by atoms with Crippen molar-refractivity contribution >= 4 is 35.3 Å². The second kappa shape index (κ2) is 16.6. The fraction of sp³-hybridized carbons (Fsp3) is 0.769. The first-order valence-electron chi connectivity index (χ1n) is 19.7. The van der Waals surface area contributed by atoms with Crippen molar-refractivity contribution < 1.29 is 38.0 Å². The highest BCUT2D eigenvalue weighted by Crippen LogP contribution is 2.43. The summed E-state index contributed by atoms with van der Waals surface area (Å²) in [5.41, 5.74) is -1.32. The van der Waals surface area contributed by atoms with Crippen molar-refractivity contribution in [2.45, 2.75) is 161 Å². The Kier molecular flexibility index (Phi) is 12.6. The van der Waals surface area contributed by atoms with Crippen LogP contribution in [0.5, 0.6) is 5.88 Å². The molecule has 0 bridgehead atoms. The zero-order valence-electron chi connectivity index (χ0n) is 32.5. The van der Waals surface area contributed by atoms with Crippen LogP contribution in [0.4, 0.5) is 0 Å². The van der Waals surface area contributed by atoms with Crippen molar-refractivity contribution in [3.63, 3.8) is 0 Å². The van der Waals surface area contributed by atoms with E-state index in [9.17, 15) is 28.8 Å². The highest BCUT2D eigenvalue weighted by Gasteiger charge is 2.52. The molecule has 0 unspecified atom stereocenters. The van der Waals surface area contributed by atoms with Gasteiger partial charge in [-0.15, -0.1) is 0 Å². The molecule has 4 fully saturated rings. The number of hydrogen-bond donors (Lipinski definition) is 4. The van der Waals surface area contributed by atoms with Gasteiger partial charge in [0.05, 0.1) is 12.1 Å². The molecular weight excluding hydrogens is 680 g/mol. The Morgan fingerprint density at radius 2 is 1.60 bits per heavy atom. The number of fused-ring (bicyclic) bond motifs is 1. The summed E-state index contributed by atoms with van der Waals surface area (Å²) < 4.78 is 11.0. The summed E-state index contributed by atoms with van der Waals surface area (Å²) >= 11 is 0. The van der Waals surface area contributed by atoms with Crippen LogP contribution in [0, 0.1) is 23.2 Å². The number of rotatable bonds is 14. The number of carbonyl (C=O) groups excluding carboxylic acids is 6. The van der Waals surface area contributed by atoms with Gasteiger partial charge in [0.1, 0.15) is 23.7 Å². The highest BCUT2D eigenvalue weighted by atomic mass is 16.6. The molecule has 4 N–H and O–H groups in total. The molecule has 5 amide bonds. The van der Waals surface area contributed by atoms with E-state index in [1.807, 2.05) is 48.5 Å². The molecule has 14 nitrogen and oxygen atoms in total. The SMILES string of the molecule is CCC[C@H](NC(=O)[C@@H]1[C@H]2CCC[C@H]2CN1C(=O)[C@@H](NC(=O)[C@@H](NC(=O)c1cc(OC(C)(C)C)no1)C1CCCCC1)C(C)(C)C)C(=O)C(=O)NC1CC1. The molecular formula is C39H60N6O8. The average molecular weight is 741 g/mol. The number of amides is 5. The Morgan fingerprint density at radius 3 is 2.23 bits per heavy atom. The van der Waals surface area contributed by atoms with E-state index in [2.05, 4.69) is 26.4 Å². The second-order valence-corrected chi connectivity index (χ2v) is 17.7. The Hall–Kier alpha value is -3.97. The van der Waals surface area contributed by atoms with Gasteiger partial charge in [-0.2, -0.15) is 0 Å². The molecule has 53 heavy (non-hydrogen) atoms. The molecule has 3 saturated carbocycles. The summed E-state index contributed by atoms with van der Waals surface area (Å²) in [6.07, 6.45) is 9.42. The quantitative estimate of drug-likeness (QED) is 0.206. The number of ketones is 1. The number of Topliss-reactive ketones (excluding diaryl/α,β-unsaturated/α-hetero) is 1. The third-order valence-corrected chi connectivity index (χ3v) is 11.0. The fourth-order valence-electron chi connectivity index (χ4n) is 8.18. The minimum Gasteiger partial charge on any atom is -0.470 e. The number of ether oxygens (including phenoxy) is 1. The molecule has 1 aromatic rings. The van der Waals surface area contributed by atoms with E-state index in [4.69, 9.17) is 9.26 Å². The number of carbonyl (C=O) groups is 6. The molecule has 14 heteroatoms. The lowest BCUT2D eigenvalue weighted by Crippen LogP contribution is -2.62. The van der Waals surface area contributed by atoms with Gasteiger partial charge in [0, 0.05) is 12.6 Å². The van der Waals surface area contributed by atoms with E-state index in [-0.39, 0.29) is 35.4 Å². The van der Waals surface area contributed by atoms with Crippen molar-refractivity contribution in [3.8, 4) is 5.88 Å². The normalized spacial score (nSPS) is 23.7. The first kappa shape index (κ1) is 40.2. The lowest BCUT2D eigenvalue weighted by Gasteiger charge is -2.38. The molecule has 5 rings (SSSR count). The first-order chi connectivity index (χ1) is 25.0. The minimum absolute atomic E-state index is 0.00484. The lowest BCUT2D eigenvalue weighted by atomic mass is 9.82. The molecule has 0 aromatic carbocycles. The van der Waals surface area contributed by atoms with E-state index in [0.29, 0.717) is 19.4 Å². The topological polar surface area (TPSA) is 189 Å². The molecule has 0 spiro atoms. The summed E-state index contributed by atoms with van der Waals surface area (Å²) in [5.74, 6) is -3.41. The van der Waals surface area contributed by atoms with Crippen LogP contribution in [-0.2, 0) is 24.0 Å². The van der Waals surface area contributed by atoms with E-state index in [1.54, 1.807) is 4.90 Å². The maximum atomic E-state index is 14.7. The van der Waals surface area contributed by atoms with Gasteiger partial charge >= 0.3 is 0 Å². The van der Waals surface area contributed by atoms with Gasteiger partial charge < -0.3 is 35.4 Å². The van der Waals surface area contributed by atoms with Crippen LogP contribution in [0.25, 0.3) is 0 Å². The maximum Gasteiger partial charge on any atom is 0.290 e. The van der Waals surface area contributed by atoms with E-state index in [0.717, 1.165) is 64.2 Å². The van der Waals surface area contributed by atoms with Gasteiger partial charge in [-0.25, -0.2) is 0 Å². The highest BCUT2D eigenvalue weighted by molar-refractivity contribution is 6.38. The molecule has 3 aliphatic carbocycles. The molecule has 1 aliphatic heterocycles. The van der Waals surface area contributed by atoms with Crippen molar-refractivity contribution in [2.24, 2.45) is 23.2 Å². The van der Waals surface area contributed by atoms with Gasteiger partial charge in [0.15, 0.2) is 0 Å². The van der Waals surface area contributed by atoms with Crippen molar-refractivity contribution in [1.82, 2.24) is 31.3 Å². The monoisotopic (exact) mass is 740 g/mol. The molecule has 1 aromatic heterocycles. The molecule has 1 saturated heterocycles. The van der Waals surface area contributed by atoms with E-state index < -0.39 is 70.5 Å². The maximum absolute atomic E-state index is 14.7. The predicted octanol–water partition coefficient (Wildman–Crippen LogP) is 3.82. The van der Waals surface area contributed by atoms with Crippen molar-refractivity contribution in [1.29, 1.82) is 0 Å². The van der Waals surface area contributed by atoms with E-state index in [1.165, 1.54) is 6.07 Å². The summed E-state index contributed by atoms with van der Waals surface area (Å²) in [6.45, 7) is 13.4. The smallest absolute Gasteiger partial charge is 0.290 e. The average Bonchev–Trinajstić information content (AvgIpc) is 3.42. The van der Waals surface area contributed by atoms with E-state index >= 15 is 0 Å². The standard InChI is InChI=1S/C39H60N6O8/c1-8-13-26(31(46)36(50)40-24-18-19-24)41-35(49)30-25-17-12-16-23(25)21-45(30)37(51)32(38(2,3)4)43-34(48)29(22-14-10-9-11-15-22)42-33(47)27-20-28(44-53-27)52-39(5,6)7/h20,22-26,29-30,32H,8-19,21H2,1-7H3,(H,40,50)(H,41,49)(H,42,47)(H,43,48)/t23-,25-,26-,29-,30-,32+/m0/s1. The summed E-state index contributed by atoms with van der Waals surface area (Å²) in [4.78, 5) is 84.0. The zero-order valence-corrected chi connectivity index (χ0v) is 32.5. The van der Waals surface area contributed by atoms with Crippen LogP contribution in [-0.4, -0.2) is 87.7 Å². The van der Waals surface area contributed by atoms with Gasteiger partial charge in [-0.3, -0.25) is 28.8 Å². The summed E-state index contributed by atoms with van der Waals surface area (Å²) in [5, 5.41) is 15.3. The summed E-state index contributed by atoms with van der Waals surface area (Å²) in [6, 6.07) is -2.42. The van der Waals surface area contributed by atoms with Gasteiger partial charge in [0.25, 0.3) is 17.7 Å². The van der Waals surface area contributed by atoms with Crippen LogP contribution in [0.1, 0.15) is 136 Å². The Balaban J connectivity index is 1.35. The zero-order chi connectivity index (χ0) is 38.7. The van der Waals surface area contributed by atoms with Crippen LogP contribution in [0.3, 0.4) is 0 Å². The number of likely N-dealkylation sites (tertiary alicyclic amines) is 1. The third-order valence-electron chi connectivity index (χ3n) is 11.0.